The largest absolute Gasteiger partial charge is 0.454 e. The topological polar surface area (TPSA) is 64.8 Å². The van der Waals surface area contributed by atoms with E-state index in [2.05, 4.69) is 5.16 Å². The monoisotopic (exact) mass is 390 g/mol. The molecule has 8 heteroatoms. The summed E-state index contributed by atoms with van der Waals surface area (Å²) in [7, 11) is 0. The maximum Gasteiger partial charge on any atom is 0.231 e. The second-order valence-corrected chi connectivity index (χ2v) is 6.36. The van der Waals surface area contributed by atoms with E-state index in [1.807, 2.05) is 0 Å². The number of anilines is 2. The van der Waals surface area contributed by atoms with Gasteiger partial charge in [-0.25, -0.2) is 0 Å². The minimum Gasteiger partial charge on any atom is -0.454 e. The standard InChI is InChI=1S/C18H12Cl2N2O4/c1-10-18(17(21-26-10)16-12(19)3-2-4-13(16)20)22(8-23)11-5-6-14-15(7-11)25-9-24-14/h2-8H,9H2,1H3. The molecule has 1 aliphatic rings. The molecule has 0 radical (unpaired) electrons. The highest BCUT2D eigenvalue weighted by Crippen LogP contribution is 2.44. The maximum atomic E-state index is 11.9. The van der Waals surface area contributed by atoms with E-state index < -0.39 is 0 Å². The zero-order chi connectivity index (χ0) is 18.3. The second-order valence-electron chi connectivity index (χ2n) is 5.55. The molecule has 0 bridgehead atoms. The summed E-state index contributed by atoms with van der Waals surface area (Å²) in [5, 5.41) is 4.89. The smallest absolute Gasteiger partial charge is 0.231 e. The summed E-state index contributed by atoms with van der Waals surface area (Å²) in [6, 6.07) is 10.3. The van der Waals surface area contributed by atoms with Gasteiger partial charge in [0.2, 0.25) is 13.2 Å². The lowest BCUT2D eigenvalue weighted by atomic mass is 10.1. The molecule has 2 heterocycles. The van der Waals surface area contributed by atoms with Crippen LogP contribution in [0, 0.1) is 6.92 Å². The second kappa shape index (κ2) is 6.55. The van der Waals surface area contributed by atoms with E-state index >= 15 is 0 Å². The number of halogens is 2. The van der Waals surface area contributed by atoms with Crippen LogP contribution in [0.15, 0.2) is 40.9 Å². The third-order valence-electron chi connectivity index (χ3n) is 4.01. The maximum absolute atomic E-state index is 11.9. The fourth-order valence-electron chi connectivity index (χ4n) is 2.82. The van der Waals surface area contributed by atoms with Gasteiger partial charge in [0.05, 0.1) is 15.7 Å². The molecule has 1 aromatic heterocycles. The normalized spacial score (nSPS) is 12.3. The molecule has 0 fully saturated rings. The molecule has 0 atom stereocenters. The molecule has 1 aliphatic heterocycles. The first-order valence-corrected chi connectivity index (χ1v) is 8.40. The van der Waals surface area contributed by atoms with Crippen LogP contribution in [0.3, 0.4) is 0 Å². The summed E-state index contributed by atoms with van der Waals surface area (Å²) >= 11 is 12.6. The lowest BCUT2D eigenvalue weighted by Gasteiger charge is -2.18. The van der Waals surface area contributed by atoms with Crippen LogP contribution in [-0.4, -0.2) is 18.4 Å². The van der Waals surface area contributed by atoms with Crippen molar-refractivity contribution in [1.82, 2.24) is 5.16 Å². The average molecular weight is 391 g/mol. The van der Waals surface area contributed by atoms with Crippen LogP contribution < -0.4 is 14.4 Å². The van der Waals surface area contributed by atoms with Gasteiger partial charge in [-0.3, -0.25) is 9.69 Å². The fourth-order valence-corrected chi connectivity index (χ4v) is 3.39. The van der Waals surface area contributed by atoms with Gasteiger partial charge in [0.1, 0.15) is 11.4 Å². The predicted octanol–water partition coefficient (Wildman–Crippen LogP) is 4.98. The van der Waals surface area contributed by atoms with Crippen LogP contribution >= 0.6 is 23.2 Å². The summed E-state index contributed by atoms with van der Waals surface area (Å²) in [4.78, 5) is 13.3. The van der Waals surface area contributed by atoms with Crippen molar-refractivity contribution >= 4 is 41.0 Å². The van der Waals surface area contributed by atoms with Crippen molar-refractivity contribution in [2.75, 3.05) is 11.7 Å². The highest BCUT2D eigenvalue weighted by molar-refractivity contribution is 6.39. The van der Waals surface area contributed by atoms with Crippen molar-refractivity contribution in [2.24, 2.45) is 0 Å². The molecule has 0 aliphatic carbocycles. The van der Waals surface area contributed by atoms with Gasteiger partial charge in [-0.1, -0.05) is 34.4 Å². The minimum absolute atomic E-state index is 0.145. The first kappa shape index (κ1) is 16.8. The van der Waals surface area contributed by atoms with E-state index in [0.717, 1.165) is 0 Å². The lowest BCUT2D eigenvalue weighted by molar-refractivity contribution is -0.106. The highest BCUT2D eigenvalue weighted by atomic mass is 35.5. The number of benzene rings is 2. The predicted molar refractivity (Wildman–Crippen MR) is 97.5 cm³/mol. The Morgan fingerprint density at radius 3 is 2.58 bits per heavy atom. The summed E-state index contributed by atoms with van der Waals surface area (Å²) < 4.78 is 16.0. The van der Waals surface area contributed by atoms with Crippen LogP contribution in [0.2, 0.25) is 10.0 Å². The van der Waals surface area contributed by atoms with Crippen molar-refractivity contribution in [3.63, 3.8) is 0 Å². The number of ether oxygens (including phenoxy) is 2. The number of hydrogen-bond donors (Lipinski definition) is 0. The number of aryl methyl sites for hydroxylation is 1. The molecule has 132 valence electrons. The van der Waals surface area contributed by atoms with E-state index in [1.165, 1.54) is 4.90 Å². The summed E-state index contributed by atoms with van der Waals surface area (Å²) in [6.07, 6.45) is 0.672. The number of amides is 1. The number of carbonyl (C=O) groups is 1. The molecule has 6 nitrogen and oxygen atoms in total. The molecule has 1 amide bonds. The first-order valence-electron chi connectivity index (χ1n) is 7.65. The molecule has 4 rings (SSSR count). The van der Waals surface area contributed by atoms with E-state index in [9.17, 15) is 4.79 Å². The van der Waals surface area contributed by atoms with Gasteiger partial charge in [-0.05, 0) is 31.2 Å². The quantitative estimate of drug-likeness (QED) is 0.587. The molecule has 0 saturated heterocycles. The average Bonchev–Trinajstić information content (AvgIpc) is 3.23. The molecule has 0 spiro atoms. The molecule has 0 saturated carbocycles. The summed E-state index contributed by atoms with van der Waals surface area (Å²) in [5.74, 6) is 1.62. The van der Waals surface area contributed by atoms with Gasteiger partial charge in [-0.15, -0.1) is 0 Å². The fraction of sp³-hybridized carbons (Fsp3) is 0.111. The number of hydrogen-bond acceptors (Lipinski definition) is 5. The van der Waals surface area contributed by atoms with Crippen LogP contribution in [0.25, 0.3) is 11.3 Å². The van der Waals surface area contributed by atoms with Crippen molar-refractivity contribution in [1.29, 1.82) is 0 Å². The van der Waals surface area contributed by atoms with Crippen LogP contribution in [-0.2, 0) is 4.79 Å². The molecule has 2 aromatic carbocycles. The molecular weight excluding hydrogens is 379 g/mol. The van der Waals surface area contributed by atoms with Crippen molar-refractivity contribution in [2.45, 2.75) is 6.92 Å². The van der Waals surface area contributed by atoms with E-state index in [0.29, 0.717) is 56.3 Å². The van der Waals surface area contributed by atoms with Crippen LogP contribution in [0.4, 0.5) is 11.4 Å². The van der Waals surface area contributed by atoms with Crippen LogP contribution in [0.5, 0.6) is 11.5 Å². The molecule has 3 aromatic rings. The SMILES string of the molecule is Cc1onc(-c2c(Cl)cccc2Cl)c1N(C=O)c1ccc2c(c1)OCO2. The third-order valence-corrected chi connectivity index (χ3v) is 4.64. The highest BCUT2D eigenvalue weighted by Gasteiger charge is 2.26. The Morgan fingerprint density at radius 2 is 1.85 bits per heavy atom. The Kier molecular flexibility index (Phi) is 4.22. The van der Waals surface area contributed by atoms with Crippen molar-refractivity contribution in [3.8, 4) is 22.8 Å². The Labute approximate surface area is 158 Å². The lowest BCUT2D eigenvalue weighted by Crippen LogP contribution is -2.15. The van der Waals surface area contributed by atoms with Crippen molar-refractivity contribution in [3.05, 3.63) is 52.2 Å². The zero-order valence-corrected chi connectivity index (χ0v) is 15.0. The Balaban J connectivity index is 1.87. The minimum atomic E-state index is 0.145. The van der Waals surface area contributed by atoms with E-state index in [1.54, 1.807) is 43.3 Å². The van der Waals surface area contributed by atoms with Crippen molar-refractivity contribution < 1.29 is 18.8 Å². The number of rotatable bonds is 4. The third kappa shape index (κ3) is 2.67. The first-order chi connectivity index (χ1) is 12.6. The number of nitrogens with zero attached hydrogens (tertiary/aromatic N) is 2. The molecule has 0 N–H and O–H groups in total. The van der Waals surface area contributed by atoms with Gasteiger partial charge in [-0.2, -0.15) is 0 Å². The van der Waals surface area contributed by atoms with E-state index in [-0.39, 0.29) is 6.79 Å². The van der Waals surface area contributed by atoms with E-state index in [4.69, 9.17) is 37.2 Å². The molecular formula is C18H12Cl2N2O4. The Hall–Kier alpha value is -2.70. The van der Waals surface area contributed by atoms with Crippen LogP contribution in [0.1, 0.15) is 5.76 Å². The molecule has 26 heavy (non-hydrogen) atoms. The Bertz CT molecular complexity index is 983. The molecule has 0 unspecified atom stereocenters. The van der Waals surface area contributed by atoms with Gasteiger partial charge in [0.15, 0.2) is 17.3 Å². The Morgan fingerprint density at radius 1 is 1.12 bits per heavy atom. The van der Waals surface area contributed by atoms with Gasteiger partial charge in [0.25, 0.3) is 0 Å². The number of aromatic nitrogens is 1. The van der Waals surface area contributed by atoms with Gasteiger partial charge >= 0.3 is 0 Å². The summed E-state index contributed by atoms with van der Waals surface area (Å²) in [6.45, 7) is 1.85. The van der Waals surface area contributed by atoms with Gasteiger partial charge < -0.3 is 14.0 Å². The van der Waals surface area contributed by atoms with Gasteiger partial charge in [0, 0.05) is 11.6 Å². The number of carbonyl (C=O) groups excluding carboxylic acids is 1. The summed E-state index contributed by atoms with van der Waals surface area (Å²) in [5.41, 5.74) is 1.90. The zero-order valence-electron chi connectivity index (χ0n) is 13.5. The number of fused-ring (bicyclic) bond motifs is 1.